The number of hydrogen-bond acceptors (Lipinski definition) is 6. The molecule has 0 aliphatic carbocycles. The number of unbranched alkanes of at least 4 members (excludes halogenated alkanes) is 10. The maximum atomic E-state index is 12.6. The summed E-state index contributed by atoms with van der Waals surface area (Å²) in [6, 6.07) is -0.621. The third-order valence-electron chi connectivity index (χ3n) is 7.97. The first-order valence-corrected chi connectivity index (χ1v) is 18.9. The van der Waals surface area contributed by atoms with Crippen molar-refractivity contribution in [3.8, 4) is 0 Å². The lowest BCUT2D eigenvalue weighted by molar-refractivity contribution is -0.887. The van der Waals surface area contributed by atoms with Gasteiger partial charge in [-0.15, -0.1) is 0 Å². The number of hydrogen-bond donors (Lipinski definition) is 1. The first-order chi connectivity index (χ1) is 23.6. The molecule has 0 bridgehead atoms. The fourth-order valence-corrected chi connectivity index (χ4v) is 5.07. The lowest BCUT2D eigenvalue weighted by Gasteiger charge is -2.31. The Morgan fingerprint density at radius 3 is 1.80 bits per heavy atom. The van der Waals surface area contributed by atoms with Gasteiger partial charge in [0, 0.05) is 19.3 Å². The van der Waals surface area contributed by atoms with Crippen molar-refractivity contribution in [1.82, 2.24) is 0 Å². The predicted octanol–water partition coefficient (Wildman–Crippen LogP) is 9.46. The van der Waals surface area contributed by atoms with Crippen molar-refractivity contribution in [1.29, 1.82) is 0 Å². The third kappa shape index (κ3) is 30.8. The SMILES string of the molecule is CC/C=C/C=C/C=C/CCCCCCCC(=O)OC(COCCC(C(=O)O)[N+](C)(C)C)COC(=O)CCCCCCC/C=C/C/C=C/CC. The minimum Gasteiger partial charge on any atom is -0.477 e. The highest BCUT2D eigenvalue weighted by atomic mass is 16.6. The summed E-state index contributed by atoms with van der Waals surface area (Å²) in [5.74, 6) is -1.53. The second kappa shape index (κ2) is 32.2. The molecular formula is C41H70NO7+. The maximum Gasteiger partial charge on any atom is 0.362 e. The first-order valence-electron chi connectivity index (χ1n) is 18.9. The molecule has 0 amide bonds. The van der Waals surface area contributed by atoms with E-state index in [1.54, 1.807) is 0 Å². The molecule has 0 aromatic rings. The van der Waals surface area contributed by atoms with Crippen LogP contribution in [0, 0.1) is 0 Å². The van der Waals surface area contributed by atoms with E-state index < -0.39 is 18.1 Å². The standard InChI is InChI=1S/C41H69NO7/c1-6-8-10-12-14-16-18-20-22-24-26-28-30-32-40(44)49-37(35-47-34-33-38(41(45)46)42(3,4)5)36-48-39(43)31-29-27-25-23-21-19-17-15-13-11-9-7-2/h8-12,14-18,37-38H,6-7,13,19-36H2,1-5H3/p+1/b10-8+,11-9+,14-12+,17-15+,18-16+. The predicted molar refractivity (Wildman–Crippen MR) is 201 cm³/mol. The number of allylic oxidation sites excluding steroid dienone is 10. The Balaban J connectivity index is 4.50. The molecule has 0 aliphatic rings. The summed E-state index contributed by atoms with van der Waals surface area (Å²) in [4.78, 5) is 36.7. The molecule has 0 heterocycles. The van der Waals surface area contributed by atoms with Crippen molar-refractivity contribution in [2.24, 2.45) is 0 Å². The largest absolute Gasteiger partial charge is 0.477 e. The van der Waals surface area contributed by atoms with Crippen molar-refractivity contribution in [2.45, 2.75) is 142 Å². The number of carbonyl (C=O) groups is 3. The quantitative estimate of drug-likeness (QED) is 0.0247. The molecule has 0 fully saturated rings. The topological polar surface area (TPSA) is 99.1 Å². The Morgan fingerprint density at radius 1 is 0.633 bits per heavy atom. The zero-order valence-electron chi connectivity index (χ0n) is 31.6. The number of aliphatic carboxylic acids is 1. The van der Waals surface area contributed by atoms with E-state index in [1.807, 2.05) is 33.3 Å². The number of quaternary nitrogens is 1. The molecule has 280 valence electrons. The van der Waals surface area contributed by atoms with Crippen molar-refractivity contribution in [3.63, 3.8) is 0 Å². The zero-order valence-corrected chi connectivity index (χ0v) is 31.6. The monoisotopic (exact) mass is 689 g/mol. The summed E-state index contributed by atoms with van der Waals surface area (Å²) in [6.45, 7) is 4.42. The normalized spacial score (nSPS) is 13.7. The number of ether oxygens (including phenoxy) is 3. The Kier molecular flexibility index (Phi) is 30.3. The molecular weight excluding hydrogens is 618 g/mol. The molecule has 1 N–H and O–H groups in total. The van der Waals surface area contributed by atoms with E-state index >= 15 is 0 Å². The van der Waals surface area contributed by atoms with Crippen LogP contribution in [0.15, 0.2) is 60.8 Å². The van der Waals surface area contributed by atoms with E-state index in [0.29, 0.717) is 19.3 Å². The molecule has 0 aromatic carbocycles. The highest BCUT2D eigenvalue weighted by molar-refractivity contribution is 5.72. The fraction of sp³-hybridized carbons (Fsp3) is 0.683. The molecule has 0 saturated carbocycles. The number of likely N-dealkylation sites (N-methyl/N-ethyl adjacent to an activating group) is 1. The number of carboxylic acids is 1. The third-order valence-corrected chi connectivity index (χ3v) is 7.97. The minimum atomic E-state index is -0.885. The van der Waals surface area contributed by atoms with Gasteiger partial charge in [0.25, 0.3) is 0 Å². The van der Waals surface area contributed by atoms with E-state index in [-0.39, 0.29) is 36.2 Å². The van der Waals surface area contributed by atoms with Gasteiger partial charge in [-0.25, -0.2) is 4.79 Å². The molecule has 49 heavy (non-hydrogen) atoms. The molecule has 0 rings (SSSR count). The van der Waals surface area contributed by atoms with Crippen LogP contribution in [-0.4, -0.2) is 80.6 Å². The van der Waals surface area contributed by atoms with Crippen LogP contribution in [0.25, 0.3) is 0 Å². The number of rotatable bonds is 32. The van der Waals surface area contributed by atoms with Gasteiger partial charge in [0.2, 0.25) is 0 Å². The summed E-state index contributed by atoms with van der Waals surface area (Å²) in [5.41, 5.74) is 0. The highest BCUT2D eigenvalue weighted by Crippen LogP contribution is 2.12. The molecule has 0 aliphatic heterocycles. The lowest BCUT2D eigenvalue weighted by Crippen LogP contribution is -2.50. The molecule has 0 saturated heterocycles. The first kappa shape index (κ1) is 46.0. The summed E-state index contributed by atoms with van der Waals surface area (Å²) >= 11 is 0. The molecule has 0 aromatic heterocycles. The second-order valence-electron chi connectivity index (χ2n) is 13.5. The minimum absolute atomic E-state index is 0.0451. The van der Waals surface area contributed by atoms with Crippen LogP contribution < -0.4 is 0 Å². The van der Waals surface area contributed by atoms with Gasteiger partial charge in [-0.1, -0.05) is 113 Å². The van der Waals surface area contributed by atoms with Gasteiger partial charge in [0.05, 0.1) is 34.4 Å². The van der Waals surface area contributed by atoms with Crippen LogP contribution in [-0.2, 0) is 28.6 Å². The molecule has 8 heteroatoms. The van der Waals surface area contributed by atoms with Crippen LogP contribution in [0.1, 0.15) is 129 Å². The highest BCUT2D eigenvalue weighted by Gasteiger charge is 2.31. The van der Waals surface area contributed by atoms with Gasteiger partial charge in [-0.3, -0.25) is 9.59 Å². The van der Waals surface area contributed by atoms with E-state index in [2.05, 4.69) is 62.5 Å². The Labute approximate surface area is 298 Å². The van der Waals surface area contributed by atoms with Gasteiger partial charge in [0.15, 0.2) is 12.1 Å². The number of esters is 2. The summed E-state index contributed by atoms with van der Waals surface area (Å²) in [7, 11) is 5.49. The van der Waals surface area contributed by atoms with E-state index in [4.69, 9.17) is 14.2 Å². The summed E-state index contributed by atoms with van der Waals surface area (Å²) < 4.78 is 17.1. The average molecular weight is 689 g/mol. The van der Waals surface area contributed by atoms with Crippen LogP contribution in [0.5, 0.6) is 0 Å². The molecule has 0 spiro atoms. The molecule has 0 radical (unpaired) electrons. The van der Waals surface area contributed by atoms with Crippen LogP contribution in [0.2, 0.25) is 0 Å². The van der Waals surface area contributed by atoms with Gasteiger partial charge >= 0.3 is 17.9 Å². The lowest BCUT2D eigenvalue weighted by atomic mass is 10.1. The average Bonchev–Trinajstić information content (AvgIpc) is 3.05. The van der Waals surface area contributed by atoms with E-state index in [0.717, 1.165) is 96.3 Å². The van der Waals surface area contributed by atoms with Crippen molar-refractivity contribution < 1.29 is 38.2 Å². The number of carboxylic acid groups (broad SMARTS) is 1. The van der Waals surface area contributed by atoms with Crippen molar-refractivity contribution in [2.75, 3.05) is 41.0 Å². The Hall–Kier alpha value is -2.97. The van der Waals surface area contributed by atoms with Gasteiger partial charge in [-0.05, 0) is 57.8 Å². The van der Waals surface area contributed by atoms with E-state index in [1.165, 1.54) is 0 Å². The molecule has 8 nitrogen and oxygen atoms in total. The van der Waals surface area contributed by atoms with Crippen LogP contribution in [0.4, 0.5) is 0 Å². The number of carbonyl (C=O) groups excluding carboxylic acids is 2. The molecule has 2 atom stereocenters. The Bertz CT molecular complexity index is 990. The van der Waals surface area contributed by atoms with Crippen LogP contribution >= 0.6 is 0 Å². The van der Waals surface area contributed by atoms with Crippen molar-refractivity contribution >= 4 is 17.9 Å². The zero-order chi connectivity index (χ0) is 36.4. The molecule has 2 unspecified atom stereocenters. The van der Waals surface area contributed by atoms with E-state index in [9.17, 15) is 19.5 Å². The summed E-state index contributed by atoms with van der Waals surface area (Å²) in [6.07, 6.45) is 36.9. The maximum absolute atomic E-state index is 12.6. The van der Waals surface area contributed by atoms with Gasteiger partial charge in [0.1, 0.15) is 6.61 Å². The Morgan fingerprint density at radius 2 is 1.18 bits per heavy atom. The van der Waals surface area contributed by atoms with Crippen molar-refractivity contribution in [3.05, 3.63) is 60.8 Å². The smallest absolute Gasteiger partial charge is 0.362 e. The van der Waals surface area contributed by atoms with Crippen LogP contribution in [0.3, 0.4) is 0 Å². The summed E-state index contributed by atoms with van der Waals surface area (Å²) in [5, 5.41) is 9.58. The fourth-order valence-electron chi connectivity index (χ4n) is 5.07. The second-order valence-corrected chi connectivity index (χ2v) is 13.5. The van der Waals surface area contributed by atoms with Gasteiger partial charge < -0.3 is 23.8 Å². The van der Waals surface area contributed by atoms with Gasteiger partial charge in [-0.2, -0.15) is 0 Å². The number of nitrogens with zero attached hydrogens (tertiary/aromatic N) is 1.